The van der Waals surface area contributed by atoms with E-state index in [1.807, 2.05) is 0 Å². The molecule has 1 aliphatic rings. The molecule has 6 heteroatoms. The molecule has 6 nitrogen and oxygen atoms in total. The molecule has 0 aliphatic heterocycles. The van der Waals surface area contributed by atoms with Gasteiger partial charge < -0.3 is 14.8 Å². The fourth-order valence-corrected chi connectivity index (χ4v) is 2.45. The Bertz CT molecular complexity index is 410. The average molecular weight is 254 g/mol. The van der Waals surface area contributed by atoms with E-state index in [1.165, 1.54) is 12.5 Å². The van der Waals surface area contributed by atoms with E-state index in [-0.39, 0.29) is 18.0 Å². The summed E-state index contributed by atoms with van der Waals surface area (Å²) in [6.07, 6.45) is 5.28. The summed E-state index contributed by atoms with van der Waals surface area (Å²) in [7, 11) is 0. The van der Waals surface area contributed by atoms with E-state index in [1.54, 1.807) is 6.07 Å². The fraction of sp³-hybridized carbons (Fsp3) is 0.667. The van der Waals surface area contributed by atoms with Crippen molar-refractivity contribution in [1.29, 1.82) is 0 Å². The van der Waals surface area contributed by atoms with Gasteiger partial charge in [-0.3, -0.25) is 10.1 Å². The maximum Gasteiger partial charge on any atom is 0.433 e. The lowest BCUT2D eigenvalue weighted by Gasteiger charge is -2.36. The monoisotopic (exact) mass is 254 g/mol. The second-order valence-electron chi connectivity index (χ2n) is 4.85. The lowest BCUT2D eigenvalue weighted by atomic mass is 9.82. The van der Waals surface area contributed by atoms with Gasteiger partial charge in [0, 0.05) is 5.54 Å². The van der Waals surface area contributed by atoms with Crippen LogP contribution in [0.2, 0.25) is 0 Å². The number of rotatable bonds is 5. The number of nitrogens with one attached hydrogen (secondary N) is 1. The summed E-state index contributed by atoms with van der Waals surface area (Å²) in [5, 5.41) is 23.3. The highest BCUT2D eigenvalue weighted by molar-refractivity contribution is 5.17. The van der Waals surface area contributed by atoms with Gasteiger partial charge in [0.1, 0.15) is 10.7 Å². The smallest absolute Gasteiger partial charge is 0.404 e. The Morgan fingerprint density at radius 2 is 2.11 bits per heavy atom. The second kappa shape index (κ2) is 5.49. The topological polar surface area (TPSA) is 88.5 Å². The quantitative estimate of drug-likeness (QED) is 0.619. The molecule has 0 radical (unpaired) electrons. The molecule has 1 aliphatic carbocycles. The molecule has 2 rings (SSSR count). The molecule has 18 heavy (non-hydrogen) atoms. The summed E-state index contributed by atoms with van der Waals surface area (Å²) in [5.74, 6) is 0.286. The van der Waals surface area contributed by atoms with Gasteiger partial charge in [-0.05, 0) is 18.9 Å². The van der Waals surface area contributed by atoms with Crippen LogP contribution < -0.4 is 5.32 Å². The van der Waals surface area contributed by atoms with E-state index in [2.05, 4.69) is 5.32 Å². The standard InChI is InChI=1S/C12H18N2O4/c15-9-12(6-2-1-3-7-12)13-8-10-4-5-11(18-10)14(16)17/h4-5,13,15H,1-3,6-9H2. The van der Waals surface area contributed by atoms with Crippen LogP contribution in [-0.2, 0) is 6.54 Å². The second-order valence-corrected chi connectivity index (χ2v) is 4.85. The number of nitro groups is 1. The number of furan rings is 1. The van der Waals surface area contributed by atoms with Crippen LogP contribution in [0.15, 0.2) is 16.5 Å². The van der Waals surface area contributed by atoms with Crippen LogP contribution in [0.4, 0.5) is 5.88 Å². The molecule has 0 amide bonds. The molecule has 0 bridgehead atoms. The molecular formula is C12H18N2O4. The third-order valence-corrected chi connectivity index (χ3v) is 3.58. The average Bonchev–Trinajstić information content (AvgIpc) is 2.87. The number of hydrogen-bond acceptors (Lipinski definition) is 5. The van der Waals surface area contributed by atoms with Crippen molar-refractivity contribution < 1.29 is 14.4 Å². The molecule has 1 fully saturated rings. The Hall–Kier alpha value is -1.40. The van der Waals surface area contributed by atoms with Gasteiger partial charge in [-0.25, -0.2) is 0 Å². The Balaban J connectivity index is 1.94. The van der Waals surface area contributed by atoms with E-state index < -0.39 is 4.92 Å². The highest BCUT2D eigenvalue weighted by Crippen LogP contribution is 2.28. The van der Waals surface area contributed by atoms with Gasteiger partial charge in [0.2, 0.25) is 0 Å². The predicted molar refractivity (Wildman–Crippen MR) is 65.1 cm³/mol. The lowest BCUT2D eigenvalue weighted by molar-refractivity contribution is -0.402. The van der Waals surface area contributed by atoms with Crippen LogP contribution in [0.3, 0.4) is 0 Å². The van der Waals surface area contributed by atoms with Gasteiger partial charge in [-0.15, -0.1) is 0 Å². The summed E-state index contributed by atoms with van der Waals surface area (Å²) >= 11 is 0. The molecule has 0 spiro atoms. The number of aliphatic hydroxyl groups is 1. The van der Waals surface area contributed by atoms with Crippen LogP contribution in [-0.4, -0.2) is 22.2 Å². The molecule has 1 saturated carbocycles. The van der Waals surface area contributed by atoms with Crippen LogP contribution in [0.25, 0.3) is 0 Å². The zero-order valence-corrected chi connectivity index (χ0v) is 10.2. The largest absolute Gasteiger partial charge is 0.433 e. The first kappa shape index (κ1) is 13.0. The number of hydrogen-bond donors (Lipinski definition) is 2. The summed E-state index contributed by atoms with van der Waals surface area (Å²) in [5.41, 5.74) is -0.250. The third kappa shape index (κ3) is 2.88. The maximum atomic E-state index is 10.5. The Kier molecular flexibility index (Phi) is 3.98. The minimum atomic E-state index is -0.550. The van der Waals surface area contributed by atoms with Crippen molar-refractivity contribution >= 4 is 5.88 Å². The zero-order chi connectivity index (χ0) is 13.0. The lowest BCUT2D eigenvalue weighted by Crippen LogP contribution is -2.49. The predicted octanol–water partition coefficient (Wildman–Crippen LogP) is 1.97. The first-order valence-corrected chi connectivity index (χ1v) is 6.24. The van der Waals surface area contributed by atoms with Crippen molar-refractivity contribution in [3.8, 4) is 0 Å². The molecule has 1 aromatic rings. The Morgan fingerprint density at radius 3 is 2.67 bits per heavy atom. The summed E-state index contributed by atoms with van der Waals surface area (Å²) in [4.78, 5) is 9.94. The Labute approximate surface area is 105 Å². The SMILES string of the molecule is O=[N+]([O-])c1ccc(CNC2(CO)CCCCC2)o1. The van der Waals surface area contributed by atoms with Gasteiger partial charge in [-0.2, -0.15) is 0 Å². The molecule has 1 heterocycles. The molecule has 0 unspecified atom stereocenters. The van der Waals surface area contributed by atoms with Gasteiger partial charge in [0.25, 0.3) is 0 Å². The van der Waals surface area contributed by atoms with Crippen molar-refractivity contribution in [2.24, 2.45) is 0 Å². The van der Waals surface area contributed by atoms with E-state index in [0.29, 0.717) is 12.3 Å². The van der Waals surface area contributed by atoms with Gasteiger partial charge in [-0.1, -0.05) is 19.3 Å². The summed E-state index contributed by atoms with van der Waals surface area (Å²) in [6, 6.07) is 2.95. The fourth-order valence-electron chi connectivity index (χ4n) is 2.45. The van der Waals surface area contributed by atoms with E-state index in [4.69, 9.17) is 4.42 Å². The van der Waals surface area contributed by atoms with E-state index in [9.17, 15) is 15.2 Å². The molecular weight excluding hydrogens is 236 g/mol. The van der Waals surface area contributed by atoms with E-state index >= 15 is 0 Å². The molecule has 0 aromatic carbocycles. The number of aliphatic hydroxyl groups excluding tert-OH is 1. The number of nitrogens with zero attached hydrogens (tertiary/aromatic N) is 1. The van der Waals surface area contributed by atoms with Crippen molar-refractivity contribution in [2.75, 3.05) is 6.61 Å². The third-order valence-electron chi connectivity index (χ3n) is 3.58. The van der Waals surface area contributed by atoms with E-state index in [0.717, 1.165) is 25.7 Å². The zero-order valence-electron chi connectivity index (χ0n) is 10.2. The maximum absolute atomic E-state index is 10.5. The van der Waals surface area contributed by atoms with Crippen LogP contribution >= 0.6 is 0 Å². The minimum absolute atomic E-state index is 0.0931. The van der Waals surface area contributed by atoms with Crippen molar-refractivity contribution in [3.05, 3.63) is 28.0 Å². The normalized spacial score (nSPS) is 18.7. The summed E-state index contributed by atoms with van der Waals surface area (Å²) < 4.78 is 5.08. The van der Waals surface area contributed by atoms with Gasteiger partial charge in [0.05, 0.1) is 19.2 Å². The summed E-state index contributed by atoms with van der Waals surface area (Å²) in [6.45, 7) is 0.504. The molecule has 0 atom stereocenters. The van der Waals surface area contributed by atoms with Crippen LogP contribution in [0, 0.1) is 10.1 Å². The van der Waals surface area contributed by atoms with Crippen molar-refractivity contribution in [3.63, 3.8) is 0 Å². The Morgan fingerprint density at radius 1 is 1.39 bits per heavy atom. The molecule has 1 aromatic heterocycles. The highest BCUT2D eigenvalue weighted by Gasteiger charge is 2.30. The van der Waals surface area contributed by atoms with Crippen molar-refractivity contribution in [1.82, 2.24) is 5.32 Å². The first-order valence-electron chi connectivity index (χ1n) is 6.24. The van der Waals surface area contributed by atoms with Gasteiger partial charge in [0.15, 0.2) is 0 Å². The first-order chi connectivity index (χ1) is 8.65. The molecule has 2 N–H and O–H groups in total. The molecule has 0 saturated heterocycles. The van der Waals surface area contributed by atoms with Crippen molar-refractivity contribution in [2.45, 2.75) is 44.2 Å². The molecule has 100 valence electrons. The minimum Gasteiger partial charge on any atom is -0.404 e. The van der Waals surface area contributed by atoms with Crippen LogP contribution in [0.5, 0.6) is 0 Å². The van der Waals surface area contributed by atoms with Crippen LogP contribution in [0.1, 0.15) is 37.9 Å². The highest BCUT2D eigenvalue weighted by atomic mass is 16.6. The van der Waals surface area contributed by atoms with Gasteiger partial charge >= 0.3 is 5.88 Å².